The maximum Gasteiger partial charge on any atom is 0.163 e. The Morgan fingerprint density at radius 3 is 2.15 bits per heavy atom. The van der Waals surface area contributed by atoms with Crippen LogP contribution in [0.5, 0.6) is 0 Å². The highest BCUT2D eigenvalue weighted by molar-refractivity contribution is 6.50. The number of rotatable bonds is 1. The van der Waals surface area contributed by atoms with E-state index >= 15 is 0 Å². The molecule has 0 atom stereocenters. The monoisotopic (exact) mass is 344 g/mol. The zero-order valence-electron chi connectivity index (χ0n) is 10.1. The molecule has 0 aromatic heterocycles. The quantitative estimate of drug-likeness (QED) is 0.571. The van der Waals surface area contributed by atoms with Gasteiger partial charge in [0, 0.05) is 17.5 Å². The van der Waals surface area contributed by atoms with Gasteiger partial charge in [0.05, 0.1) is 20.1 Å². The van der Waals surface area contributed by atoms with Crippen molar-refractivity contribution in [1.82, 2.24) is 0 Å². The topological polar surface area (TPSA) is 17.1 Å². The van der Waals surface area contributed by atoms with E-state index in [1.54, 1.807) is 0 Å². The summed E-state index contributed by atoms with van der Waals surface area (Å²) in [5, 5.41) is 1.44. The van der Waals surface area contributed by atoms with Gasteiger partial charge in [-0.25, -0.2) is 0 Å². The van der Waals surface area contributed by atoms with Crippen molar-refractivity contribution in [3.05, 3.63) is 55.5 Å². The molecular formula is C15H8Cl4O. The lowest BCUT2D eigenvalue weighted by Gasteiger charge is -2.11. The van der Waals surface area contributed by atoms with Crippen LogP contribution in [-0.4, -0.2) is 5.78 Å². The van der Waals surface area contributed by atoms with Crippen molar-refractivity contribution in [3.63, 3.8) is 0 Å². The number of carbonyl (C=O) groups excluding carboxylic acids is 1. The van der Waals surface area contributed by atoms with Crippen molar-refractivity contribution in [2.24, 2.45) is 0 Å². The number of fused-ring (bicyclic) bond motifs is 1. The van der Waals surface area contributed by atoms with Gasteiger partial charge in [0.2, 0.25) is 0 Å². The maximum absolute atomic E-state index is 11.7. The molecule has 2 aromatic rings. The number of halogens is 4. The Balaban J connectivity index is 2.22. The Hall–Kier alpha value is -0.730. The number of Topliss-reactive ketones (excluding diaryl/α,β-unsaturated/α-hetero) is 1. The first-order valence-electron chi connectivity index (χ1n) is 5.98. The predicted molar refractivity (Wildman–Crippen MR) is 84.6 cm³/mol. The van der Waals surface area contributed by atoms with Crippen LogP contribution in [0.1, 0.15) is 22.3 Å². The summed E-state index contributed by atoms with van der Waals surface area (Å²) in [5.41, 5.74) is 3.20. The van der Waals surface area contributed by atoms with E-state index < -0.39 is 0 Å². The second kappa shape index (κ2) is 5.23. The van der Waals surface area contributed by atoms with Gasteiger partial charge in [-0.05, 0) is 23.6 Å². The lowest BCUT2D eigenvalue weighted by atomic mass is 10.0. The summed E-state index contributed by atoms with van der Waals surface area (Å²) < 4.78 is 0. The van der Waals surface area contributed by atoms with Crippen molar-refractivity contribution in [1.29, 1.82) is 0 Å². The minimum absolute atomic E-state index is 0.174. The molecule has 0 amide bonds. The maximum atomic E-state index is 11.7. The molecule has 0 radical (unpaired) electrons. The van der Waals surface area contributed by atoms with Gasteiger partial charge >= 0.3 is 0 Å². The van der Waals surface area contributed by atoms with E-state index in [-0.39, 0.29) is 5.78 Å². The van der Waals surface area contributed by atoms with Gasteiger partial charge < -0.3 is 0 Å². The van der Waals surface area contributed by atoms with E-state index in [2.05, 4.69) is 0 Å². The van der Waals surface area contributed by atoms with E-state index in [0.29, 0.717) is 32.1 Å². The van der Waals surface area contributed by atoms with Gasteiger partial charge in [0.15, 0.2) is 5.78 Å². The van der Waals surface area contributed by atoms with Gasteiger partial charge in [-0.2, -0.15) is 0 Å². The van der Waals surface area contributed by atoms with Gasteiger partial charge in [0.25, 0.3) is 0 Å². The van der Waals surface area contributed by atoms with Crippen molar-refractivity contribution in [2.45, 2.75) is 12.8 Å². The summed E-state index contributed by atoms with van der Waals surface area (Å²) in [5.74, 6) is 0.174. The summed E-state index contributed by atoms with van der Waals surface area (Å²) in [7, 11) is 0. The molecule has 20 heavy (non-hydrogen) atoms. The molecule has 0 spiro atoms. The molecule has 0 bridgehead atoms. The molecule has 1 aliphatic carbocycles. The number of hydrogen-bond donors (Lipinski definition) is 0. The summed E-state index contributed by atoms with van der Waals surface area (Å²) in [6, 6.07) is 7.08. The fraction of sp³-hybridized carbons (Fsp3) is 0.133. The van der Waals surface area contributed by atoms with E-state index in [1.165, 1.54) is 6.07 Å². The number of hydrogen-bond acceptors (Lipinski definition) is 1. The first-order chi connectivity index (χ1) is 9.49. The Labute approximate surface area is 136 Å². The molecule has 102 valence electrons. The third kappa shape index (κ3) is 2.23. The summed E-state index contributed by atoms with van der Waals surface area (Å²) in [6.45, 7) is 0. The average Bonchev–Trinajstić information content (AvgIpc) is 2.78. The fourth-order valence-electron chi connectivity index (χ4n) is 2.44. The molecule has 0 saturated carbocycles. The Morgan fingerprint density at radius 2 is 1.50 bits per heavy atom. The summed E-state index contributed by atoms with van der Waals surface area (Å²) in [6.07, 6.45) is 1.29. The van der Waals surface area contributed by atoms with Crippen LogP contribution in [0.4, 0.5) is 0 Å². The molecule has 2 aromatic carbocycles. The largest absolute Gasteiger partial charge is 0.294 e. The predicted octanol–water partition coefficient (Wildman–Crippen LogP) is 6.10. The first kappa shape index (κ1) is 14.2. The molecule has 0 aliphatic heterocycles. The number of ketones is 1. The van der Waals surface area contributed by atoms with Crippen LogP contribution < -0.4 is 0 Å². The van der Waals surface area contributed by atoms with Crippen LogP contribution in [0.3, 0.4) is 0 Å². The molecule has 1 nitrogen and oxygen atoms in total. The van der Waals surface area contributed by atoms with Crippen LogP contribution in [0, 0.1) is 0 Å². The smallest absolute Gasteiger partial charge is 0.163 e. The standard InChI is InChI=1S/C15H8Cl4O/c16-10-6-11(17)15(19)13(14(10)18)8-1-3-9-7(5-8)2-4-12(9)20/h1,3,5-6H,2,4H2. The van der Waals surface area contributed by atoms with Gasteiger partial charge in [-0.1, -0.05) is 64.6 Å². The van der Waals surface area contributed by atoms with Crippen molar-refractivity contribution in [3.8, 4) is 11.1 Å². The number of aryl methyl sites for hydroxylation is 1. The normalized spacial score (nSPS) is 13.7. The van der Waals surface area contributed by atoms with Crippen molar-refractivity contribution < 1.29 is 4.79 Å². The van der Waals surface area contributed by atoms with Crippen LogP contribution in [0.2, 0.25) is 20.1 Å². The van der Waals surface area contributed by atoms with Crippen LogP contribution in [0.15, 0.2) is 24.3 Å². The Morgan fingerprint density at radius 1 is 0.850 bits per heavy atom. The number of benzene rings is 2. The lowest BCUT2D eigenvalue weighted by Crippen LogP contribution is -1.92. The summed E-state index contributed by atoms with van der Waals surface area (Å²) in [4.78, 5) is 11.7. The molecule has 0 saturated heterocycles. The van der Waals surface area contributed by atoms with E-state index in [9.17, 15) is 4.79 Å². The molecule has 0 N–H and O–H groups in total. The molecule has 5 heteroatoms. The SMILES string of the molecule is O=C1CCc2cc(-c3c(Cl)c(Cl)cc(Cl)c3Cl)ccc21. The van der Waals surface area contributed by atoms with Crippen LogP contribution in [-0.2, 0) is 6.42 Å². The third-order valence-electron chi connectivity index (χ3n) is 3.43. The molecular weight excluding hydrogens is 338 g/mol. The second-order valence-electron chi connectivity index (χ2n) is 4.64. The van der Waals surface area contributed by atoms with Crippen molar-refractivity contribution >= 4 is 52.2 Å². The number of carbonyl (C=O) groups is 1. The molecule has 1 aliphatic rings. The minimum Gasteiger partial charge on any atom is -0.294 e. The zero-order chi connectivity index (χ0) is 14.4. The molecule has 0 unspecified atom stereocenters. The highest BCUT2D eigenvalue weighted by atomic mass is 35.5. The van der Waals surface area contributed by atoms with E-state index in [1.807, 2.05) is 18.2 Å². The van der Waals surface area contributed by atoms with Crippen LogP contribution >= 0.6 is 46.4 Å². The lowest BCUT2D eigenvalue weighted by molar-refractivity contribution is 0.0994. The first-order valence-corrected chi connectivity index (χ1v) is 7.49. The fourth-order valence-corrected chi connectivity index (χ4v) is 3.47. The van der Waals surface area contributed by atoms with Crippen molar-refractivity contribution in [2.75, 3.05) is 0 Å². The Bertz CT molecular complexity index is 711. The van der Waals surface area contributed by atoms with Gasteiger partial charge in [0.1, 0.15) is 0 Å². The van der Waals surface area contributed by atoms with Crippen LogP contribution in [0.25, 0.3) is 11.1 Å². The minimum atomic E-state index is 0.174. The highest BCUT2D eigenvalue weighted by Gasteiger charge is 2.22. The molecule has 3 rings (SSSR count). The molecule has 0 fully saturated rings. The van der Waals surface area contributed by atoms with Gasteiger partial charge in [-0.3, -0.25) is 4.79 Å². The third-order valence-corrected chi connectivity index (χ3v) is 5.00. The Kier molecular flexibility index (Phi) is 3.72. The average molecular weight is 346 g/mol. The van der Waals surface area contributed by atoms with Gasteiger partial charge in [-0.15, -0.1) is 0 Å². The summed E-state index contributed by atoms with van der Waals surface area (Å²) >= 11 is 24.6. The van der Waals surface area contributed by atoms with E-state index in [4.69, 9.17) is 46.4 Å². The second-order valence-corrected chi connectivity index (χ2v) is 6.21. The highest BCUT2D eigenvalue weighted by Crippen LogP contribution is 2.44. The van der Waals surface area contributed by atoms with E-state index in [0.717, 1.165) is 23.1 Å². The molecule has 0 heterocycles. The zero-order valence-corrected chi connectivity index (χ0v) is 13.2.